The van der Waals surface area contributed by atoms with Crippen molar-refractivity contribution in [2.75, 3.05) is 19.8 Å². The SMILES string of the molecule is CCOCCNC(=O)C1CC2CC2C1. The van der Waals surface area contributed by atoms with Gasteiger partial charge in [-0.1, -0.05) is 0 Å². The Labute approximate surface area is 85.2 Å². The van der Waals surface area contributed by atoms with Crippen molar-refractivity contribution >= 4 is 5.91 Å². The molecule has 0 aromatic heterocycles. The van der Waals surface area contributed by atoms with Crippen molar-refractivity contribution in [3.8, 4) is 0 Å². The second kappa shape index (κ2) is 4.30. The fourth-order valence-electron chi connectivity index (χ4n) is 2.46. The van der Waals surface area contributed by atoms with Gasteiger partial charge in [0.1, 0.15) is 0 Å². The van der Waals surface area contributed by atoms with Gasteiger partial charge in [0.2, 0.25) is 5.91 Å². The second-order valence-corrected chi connectivity index (χ2v) is 4.41. The van der Waals surface area contributed by atoms with Gasteiger partial charge in [0.15, 0.2) is 0 Å². The Morgan fingerprint density at radius 1 is 1.36 bits per heavy atom. The van der Waals surface area contributed by atoms with E-state index in [0.29, 0.717) is 19.1 Å². The highest BCUT2D eigenvalue weighted by atomic mass is 16.5. The van der Waals surface area contributed by atoms with E-state index in [1.807, 2.05) is 6.92 Å². The number of carbonyl (C=O) groups excluding carboxylic acids is 1. The molecule has 0 heterocycles. The monoisotopic (exact) mass is 197 g/mol. The van der Waals surface area contributed by atoms with E-state index in [4.69, 9.17) is 4.74 Å². The number of carbonyl (C=O) groups is 1. The summed E-state index contributed by atoms with van der Waals surface area (Å²) in [7, 11) is 0. The molecular formula is C11H19NO2. The third kappa shape index (κ3) is 2.27. The van der Waals surface area contributed by atoms with Crippen LogP contribution in [-0.4, -0.2) is 25.7 Å². The fourth-order valence-corrected chi connectivity index (χ4v) is 2.46. The van der Waals surface area contributed by atoms with Gasteiger partial charge >= 0.3 is 0 Å². The molecule has 1 amide bonds. The Balaban J connectivity index is 1.59. The summed E-state index contributed by atoms with van der Waals surface area (Å²) in [5.41, 5.74) is 0. The fraction of sp³-hybridized carbons (Fsp3) is 0.909. The minimum Gasteiger partial charge on any atom is -0.380 e. The van der Waals surface area contributed by atoms with Crippen molar-refractivity contribution in [2.24, 2.45) is 17.8 Å². The summed E-state index contributed by atoms with van der Waals surface area (Å²) in [5.74, 6) is 2.33. The third-order valence-electron chi connectivity index (χ3n) is 3.36. The predicted molar refractivity (Wildman–Crippen MR) is 53.8 cm³/mol. The molecule has 0 aromatic rings. The van der Waals surface area contributed by atoms with Crippen LogP contribution in [0.1, 0.15) is 26.2 Å². The number of ether oxygens (including phenoxy) is 1. The summed E-state index contributed by atoms with van der Waals surface area (Å²) in [6, 6.07) is 0. The van der Waals surface area contributed by atoms with Crippen LogP contribution in [0.25, 0.3) is 0 Å². The molecule has 2 atom stereocenters. The lowest BCUT2D eigenvalue weighted by molar-refractivity contribution is -0.125. The number of nitrogens with one attached hydrogen (secondary N) is 1. The average molecular weight is 197 g/mol. The lowest BCUT2D eigenvalue weighted by Crippen LogP contribution is -2.32. The van der Waals surface area contributed by atoms with Crippen molar-refractivity contribution in [1.82, 2.24) is 5.32 Å². The highest BCUT2D eigenvalue weighted by Gasteiger charge is 2.47. The lowest BCUT2D eigenvalue weighted by atomic mass is 10.0. The van der Waals surface area contributed by atoms with Crippen LogP contribution in [0.4, 0.5) is 0 Å². The molecular weight excluding hydrogens is 178 g/mol. The van der Waals surface area contributed by atoms with Crippen molar-refractivity contribution in [1.29, 1.82) is 0 Å². The van der Waals surface area contributed by atoms with E-state index in [-0.39, 0.29) is 5.91 Å². The van der Waals surface area contributed by atoms with Crippen molar-refractivity contribution < 1.29 is 9.53 Å². The van der Waals surface area contributed by atoms with E-state index in [2.05, 4.69) is 5.32 Å². The maximum atomic E-state index is 11.6. The Kier molecular flexibility index (Phi) is 3.06. The molecule has 0 bridgehead atoms. The van der Waals surface area contributed by atoms with Crippen LogP contribution in [0.15, 0.2) is 0 Å². The first kappa shape index (κ1) is 9.97. The van der Waals surface area contributed by atoms with Crippen LogP contribution >= 0.6 is 0 Å². The van der Waals surface area contributed by atoms with Gasteiger partial charge in [-0.2, -0.15) is 0 Å². The van der Waals surface area contributed by atoms with Gasteiger partial charge < -0.3 is 10.1 Å². The number of hydrogen-bond acceptors (Lipinski definition) is 2. The molecule has 2 aliphatic rings. The number of amides is 1. The van der Waals surface area contributed by atoms with E-state index in [1.165, 1.54) is 6.42 Å². The van der Waals surface area contributed by atoms with Crippen molar-refractivity contribution in [2.45, 2.75) is 26.2 Å². The molecule has 3 heteroatoms. The third-order valence-corrected chi connectivity index (χ3v) is 3.36. The minimum atomic E-state index is 0.247. The van der Waals surface area contributed by atoms with E-state index >= 15 is 0 Å². The molecule has 0 aromatic carbocycles. The van der Waals surface area contributed by atoms with E-state index in [1.54, 1.807) is 0 Å². The zero-order valence-electron chi connectivity index (χ0n) is 8.79. The quantitative estimate of drug-likeness (QED) is 0.672. The predicted octanol–water partition coefficient (Wildman–Crippen LogP) is 1.19. The zero-order valence-corrected chi connectivity index (χ0v) is 8.79. The Hall–Kier alpha value is -0.570. The highest BCUT2D eigenvalue weighted by molar-refractivity contribution is 5.79. The first-order chi connectivity index (χ1) is 6.81. The number of rotatable bonds is 5. The summed E-state index contributed by atoms with van der Waals surface area (Å²) < 4.78 is 5.16. The van der Waals surface area contributed by atoms with Gasteiger partial charge in [0.25, 0.3) is 0 Å². The Morgan fingerprint density at radius 3 is 2.71 bits per heavy atom. The summed E-state index contributed by atoms with van der Waals surface area (Å²) in [5, 5.41) is 2.94. The molecule has 1 N–H and O–H groups in total. The summed E-state index contributed by atoms with van der Waals surface area (Å²) in [6.45, 7) is 4.00. The Bertz CT molecular complexity index is 207. The minimum absolute atomic E-state index is 0.247. The number of fused-ring (bicyclic) bond motifs is 1. The van der Waals surface area contributed by atoms with Gasteiger partial charge in [0.05, 0.1) is 6.61 Å². The summed E-state index contributed by atoms with van der Waals surface area (Å²) >= 11 is 0. The highest BCUT2D eigenvalue weighted by Crippen LogP contribution is 2.54. The van der Waals surface area contributed by atoms with E-state index in [9.17, 15) is 4.79 Å². The van der Waals surface area contributed by atoms with Crippen LogP contribution in [-0.2, 0) is 9.53 Å². The van der Waals surface area contributed by atoms with Crippen LogP contribution in [0.5, 0.6) is 0 Å². The molecule has 2 rings (SSSR count). The van der Waals surface area contributed by atoms with Gasteiger partial charge in [-0.3, -0.25) is 4.79 Å². The van der Waals surface area contributed by atoms with E-state index < -0.39 is 0 Å². The molecule has 2 saturated carbocycles. The van der Waals surface area contributed by atoms with E-state index in [0.717, 1.165) is 31.3 Å². The second-order valence-electron chi connectivity index (χ2n) is 4.41. The standard InChI is InChI=1S/C11H19NO2/c1-2-14-4-3-12-11(13)10-6-8-5-9(8)7-10/h8-10H,2-7H2,1H3,(H,12,13). The normalized spacial score (nSPS) is 33.9. The topological polar surface area (TPSA) is 38.3 Å². The molecule has 0 spiro atoms. The first-order valence-corrected chi connectivity index (χ1v) is 5.66. The molecule has 3 nitrogen and oxygen atoms in total. The molecule has 14 heavy (non-hydrogen) atoms. The number of hydrogen-bond donors (Lipinski definition) is 1. The van der Waals surface area contributed by atoms with Gasteiger partial charge in [-0.25, -0.2) is 0 Å². The van der Waals surface area contributed by atoms with Crippen LogP contribution < -0.4 is 5.32 Å². The van der Waals surface area contributed by atoms with Gasteiger partial charge in [-0.15, -0.1) is 0 Å². The Morgan fingerprint density at radius 2 is 2.07 bits per heavy atom. The summed E-state index contributed by atoms with van der Waals surface area (Å²) in [6.07, 6.45) is 3.64. The molecule has 2 aliphatic carbocycles. The largest absolute Gasteiger partial charge is 0.380 e. The smallest absolute Gasteiger partial charge is 0.223 e. The first-order valence-electron chi connectivity index (χ1n) is 5.66. The molecule has 0 aliphatic heterocycles. The van der Waals surface area contributed by atoms with Crippen molar-refractivity contribution in [3.05, 3.63) is 0 Å². The van der Waals surface area contributed by atoms with Gasteiger partial charge in [0, 0.05) is 19.1 Å². The average Bonchev–Trinajstić information content (AvgIpc) is 2.80. The molecule has 80 valence electrons. The maximum Gasteiger partial charge on any atom is 0.223 e. The molecule has 0 radical (unpaired) electrons. The van der Waals surface area contributed by atoms with Crippen LogP contribution in [0, 0.1) is 17.8 Å². The lowest BCUT2D eigenvalue weighted by Gasteiger charge is -2.11. The van der Waals surface area contributed by atoms with Crippen molar-refractivity contribution in [3.63, 3.8) is 0 Å². The summed E-state index contributed by atoms with van der Waals surface area (Å²) in [4.78, 5) is 11.6. The maximum absolute atomic E-state index is 11.6. The molecule has 2 unspecified atom stereocenters. The van der Waals surface area contributed by atoms with Gasteiger partial charge in [-0.05, 0) is 38.0 Å². The van der Waals surface area contributed by atoms with Crippen LogP contribution in [0.2, 0.25) is 0 Å². The van der Waals surface area contributed by atoms with Crippen LogP contribution in [0.3, 0.4) is 0 Å². The molecule has 2 fully saturated rings. The zero-order chi connectivity index (χ0) is 9.97. The molecule has 0 saturated heterocycles.